The molecular formula is C14H19N5. The Morgan fingerprint density at radius 1 is 1.16 bits per heavy atom. The van der Waals surface area contributed by atoms with Crippen molar-refractivity contribution in [1.29, 1.82) is 0 Å². The van der Waals surface area contributed by atoms with Gasteiger partial charge in [-0.1, -0.05) is 6.92 Å². The van der Waals surface area contributed by atoms with Gasteiger partial charge in [0.2, 0.25) is 0 Å². The van der Waals surface area contributed by atoms with Crippen molar-refractivity contribution in [3.05, 3.63) is 42.0 Å². The second-order valence-electron chi connectivity index (χ2n) is 4.37. The molecule has 2 heterocycles. The molecule has 0 aliphatic rings. The van der Waals surface area contributed by atoms with E-state index in [0.29, 0.717) is 6.54 Å². The molecule has 0 unspecified atom stereocenters. The Morgan fingerprint density at radius 3 is 2.68 bits per heavy atom. The van der Waals surface area contributed by atoms with Crippen LogP contribution in [0.15, 0.2) is 30.9 Å². The van der Waals surface area contributed by atoms with E-state index in [1.165, 1.54) is 11.1 Å². The zero-order valence-electron chi connectivity index (χ0n) is 11.3. The van der Waals surface area contributed by atoms with E-state index in [4.69, 9.17) is 0 Å². The molecule has 0 amide bonds. The van der Waals surface area contributed by atoms with Crippen molar-refractivity contribution >= 4 is 11.6 Å². The standard InChI is InChI=1S/C14H19N5/c1-3-5-16-13-7-14(19-10-18-13)17-9-12-8-15-6-4-11(12)2/h4,6-8,10H,3,5,9H2,1-2H3,(H2,16,17,18,19). The van der Waals surface area contributed by atoms with Gasteiger partial charge < -0.3 is 10.6 Å². The minimum absolute atomic E-state index is 0.712. The molecule has 0 aliphatic heterocycles. The van der Waals surface area contributed by atoms with Gasteiger partial charge in [0.25, 0.3) is 0 Å². The summed E-state index contributed by atoms with van der Waals surface area (Å²) in [5.41, 5.74) is 2.39. The maximum absolute atomic E-state index is 4.21. The lowest BCUT2D eigenvalue weighted by Gasteiger charge is -2.09. The second kappa shape index (κ2) is 6.68. The molecule has 0 aliphatic carbocycles. The fourth-order valence-corrected chi connectivity index (χ4v) is 1.67. The van der Waals surface area contributed by atoms with E-state index in [1.54, 1.807) is 12.5 Å². The van der Waals surface area contributed by atoms with Crippen LogP contribution in [0.3, 0.4) is 0 Å². The van der Waals surface area contributed by atoms with Crippen LogP contribution in [0.25, 0.3) is 0 Å². The molecule has 5 nitrogen and oxygen atoms in total. The molecule has 2 N–H and O–H groups in total. The highest BCUT2D eigenvalue weighted by molar-refractivity contribution is 5.46. The average Bonchev–Trinajstić information content (AvgIpc) is 2.45. The summed E-state index contributed by atoms with van der Waals surface area (Å²) in [4.78, 5) is 12.5. The third kappa shape index (κ3) is 3.91. The van der Waals surface area contributed by atoms with Crippen molar-refractivity contribution in [3.8, 4) is 0 Å². The van der Waals surface area contributed by atoms with Crippen molar-refractivity contribution in [2.45, 2.75) is 26.8 Å². The maximum atomic E-state index is 4.21. The number of pyridine rings is 1. The van der Waals surface area contributed by atoms with Gasteiger partial charge >= 0.3 is 0 Å². The van der Waals surface area contributed by atoms with Crippen LogP contribution in [0.1, 0.15) is 24.5 Å². The van der Waals surface area contributed by atoms with E-state index in [-0.39, 0.29) is 0 Å². The van der Waals surface area contributed by atoms with E-state index in [0.717, 1.165) is 24.6 Å². The Labute approximate surface area is 113 Å². The predicted octanol–water partition coefficient (Wildman–Crippen LogP) is 2.61. The molecule has 0 atom stereocenters. The molecule has 0 radical (unpaired) electrons. The van der Waals surface area contributed by atoms with E-state index >= 15 is 0 Å². The van der Waals surface area contributed by atoms with Crippen LogP contribution < -0.4 is 10.6 Å². The van der Waals surface area contributed by atoms with E-state index in [2.05, 4.69) is 39.4 Å². The van der Waals surface area contributed by atoms with Gasteiger partial charge in [-0.15, -0.1) is 0 Å². The molecule has 0 fully saturated rings. The normalized spacial score (nSPS) is 10.2. The molecule has 0 spiro atoms. The summed E-state index contributed by atoms with van der Waals surface area (Å²) in [7, 11) is 0. The van der Waals surface area contributed by atoms with E-state index < -0.39 is 0 Å². The average molecular weight is 257 g/mol. The number of aryl methyl sites for hydroxylation is 1. The number of rotatable bonds is 6. The lowest BCUT2D eigenvalue weighted by atomic mass is 10.1. The fourth-order valence-electron chi connectivity index (χ4n) is 1.67. The first-order valence-electron chi connectivity index (χ1n) is 6.49. The monoisotopic (exact) mass is 257 g/mol. The first-order valence-corrected chi connectivity index (χ1v) is 6.49. The Hall–Kier alpha value is -2.17. The molecule has 5 heteroatoms. The zero-order chi connectivity index (χ0) is 13.5. The van der Waals surface area contributed by atoms with Gasteiger partial charge in [-0.25, -0.2) is 9.97 Å². The fraction of sp³-hybridized carbons (Fsp3) is 0.357. The Balaban J connectivity index is 1.98. The first kappa shape index (κ1) is 13.3. The largest absolute Gasteiger partial charge is 0.370 e. The van der Waals surface area contributed by atoms with E-state index in [1.807, 2.05) is 18.3 Å². The highest BCUT2D eigenvalue weighted by Crippen LogP contribution is 2.11. The zero-order valence-corrected chi connectivity index (χ0v) is 11.3. The molecule has 2 aromatic rings. The molecule has 0 saturated heterocycles. The number of anilines is 2. The van der Waals surface area contributed by atoms with Gasteiger partial charge in [0.1, 0.15) is 18.0 Å². The molecule has 0 aromatic carbocycles. The summed E-state index contributed by atoms with van der Waals surface area (Å²) in [6.45, 7) is 5.83. The second-order valence-corrected chi connectivity index (χ2v) is 4.37. The number of nitrogens with zero attached hydrogens (tertiary/aromatic N) is 3. The number of hydrogen-bond acceptors (Lipinski definition) is 5. The molecule has 100 valence electrons. The summed E-state index contributed by atoms with van der Waals surface area (Å²) < 4.78 is 0. The van der Waals surface area contributed by atoms with Crippen LogP contribution >= 0.6 is 0 Å². The number of hydrogen-bond donors (Lipinski definition) is 2. The molecule has 2 aromatic heterocycles. The topological polar surface area (TPSA) is 62.7 Å². The quantitative estimate of drug-likeness (QED) is 0.833. The van der Waals surface area contributed by atoms with Gasteiger partial charge in [0, 0.05) is 31.5 Å². The minimum atomic E-state index is 0.712. The minimum Gasteiger partial charge on any atom is -0.370 e. The number of nitrogens with one attached hydrogen (secondary N) is 2. The van der Waals surface area contributed by atoms with Gasteiger partial charge in [0.05, 0.1) is 0 Å². The molecule has 2 rings (SSSR count). The van der Waals surface area contributed by atoms with Crippen molar-refractivity contribution in [3.63, 3.8) is 0 Å². The predicted molar refractivity (Wildman–Crippen MR) is 77.1 cm³/mol. The van der Waals surface area contributed by atoms with Crippen LogP contribution in [-0.4, -0.2) is 21.5 Å². The molecule has 19 heavy (non-hydrogen) atoms. The third-order valence-electron chi connectivity index (χ3n) is 2.83. The molecular weight excluding hydrogens is 238 g/mol. The molecule has 0 bridgehead atoms. The molecule has 0 saturated carbocycles. The summed E-state index contributed by atoms with van der Waals surface area (Å²) in [5.74, 6) is 1.67. The lowest BCUT2D eigenvalue weighted by Crippen LogP contribution is -2.06. The van der Waals surface area contributed by atoms with Crippen LogP contribution in [0, 0.1) is 6.92 Å². The van der Waals surface area contributed by atoms with Crippen LogP contribution in [0.5, 0.6) is 0 Å². The lowest BCUT2D eigenvalue weighted by molar-refractivity contribution is 0.962. The maximum Gasteiger partial charge on any atom is 0.131 e. The van der Waals surface area contributed by atoms with E-state index in [9.17, 15) is 0 Å². The van der Waals surface area contributed by atoms with Gasteiger partial charge in [0.15, 0.2) is 0 Å². The van der Waals surface area contributed by atoms with Crippen molar-refractivity contribution in [1.82, 2.24) is 15.0 Å². The van der Waals surface area contributed by atoms with Crippen molar-refractivity contribution in [2.75, 3.05) is 17.2 Å². The Morgan fingerprint density at radius 2 is 1.95 bits per heavy atom. The van der Waals surface area contributed by atoms with Gasteiger partial charge in [-0.2, -0.15) is 0 Å². The van der Waals surface area contributed by atoms with Crippen molar-refractivity contribution < 1.29 is 0 Å². The highest BCUT2D eigenvalue weighted by Gasteiger charge is 2.00. The highest BCUT2D eigenvalue weighted by atomic mass is 15.1. The van der Waals surface area contributed by atoms with Gasteiger partial charge in [-0.3, -0.25) is 4.98 Å². The Kier molecular flexibility index (Phi) is 4.66. The third-order valence-corrected chi connectivity index (χ3v) is 2.83. The van der Waals surface area contributed by atoms with Crippen LogP contribution in [0.2, 0.25) is 0 Å². The summed E-state index contributed by atoms with van der Waals surface area (Å²) >= 11 is 0. The van der Waals surface area contributed by atoms with Crippen LogP contribution in [-0.2, 0) is 6.54 Å². The summed E-state index contributed by atoms with van der Waals surface area (Å²) in [6.07, 6.45) is 6.31. The van der Waals surface area contributed by atoms with Crippen molar-refractivity contribution in [2.24, 2.45) is 0 Å². The summed E-state index contributed by atoms with van der Waals surface area (Å²) in [5, 5.41) is 6.53. The Bertz CT molecular complexity index is 527. The SMILES string of the molecule is CCCNc1cc(NCc2cnccc2C)ncn1. The smallest absolute Gasteiger partial charge is 0.131 e. The summed E-state index contributed by atoms with van der Waals surface area (Å²) in [6, 6.07) is 3.92. The van der Waals surface area contributed by atoms with Crippen LogP contribution in [0.4, 0.5) is 11.6 Å². The number of aromatic nitrogens is 3. The first-order chi connectivity index (χ1) is 9.29. The van der Waals surface area contributed by atoms with Gasteiger partial charge in [-0.05, 0) is 30.5 Å².